The van der Waals surface area contributed by atoms with Crippen LogP contribution in [-0.2, 0) is 15.8 Å². The van der Waals surface area contributed by atoms with Crippen LogP contribution in [0, 0.1) is 22.7 Å². The van der Waals surface area contributed by atoms with Crippen LogP contribution in [0.5, 0.6) is 0 Å². The summed E-state index contributed by atoms with van der Waals surface area (Å²) in [5.74, 6) is 0.485. The number of nitriles is 1. The smallest absolute Gasteiger partial charge is 0.371 e. The lowest BCUT2D eigenvalue weighted by molar-refractivity contribution is -0.138. The van der Waals surface area contributed by atoms with E-state index in [1.807, 2.05) is 4.90 Å². The van der Waals surface area contributed by atoms with Crippen molar-refractivity contribution in [1.29, 1.82) is 5.26 Å². The van der Waals surface area contributed by atoms with Crippen LogP contribution >= 0.6 is 0 Å². The highest BCUT2D eigenvalue weighted by atomic mass is 19.4. The van der Waals surface area contributed by atoms with E-state index in [-0.39, 0.29) is 22.8 Å². The lowest BCUT2D eigenvalue weighted by Crippen LogP contribution is -2.45. The second-order valence-corrected chi connectivity index (χ2v) is 10.4. The summed E-state index contributed by atoms with van der Waals surface area (Å²) in [6.07, 6.45) is 3.51. The van der Waals surface area contributed by atoms with E-state index in [9.17, 15) is 22.8 Å². The summed E-state index contributed by atoms with van der Waals surface area (Å²) in [5.41, 5.74) is -1.07. The number of carbonyl (C=O) groups excluding carboxylic acids is 2. The molecule has 9 heteroatoms. The molecule has 1 aliphatic carbocycles. The highest BCUT2D eigenvalue weighted by Crippen LogP contribution is 2.45. The monoisotopic (exact) mass is 490 g/mol. The SMILES string of the molecule is CNC(=O)C1CC2(CCN(c3ccc(C#N)c(C(F)(F)F)c3)CC2)CN1C(=O)CCC1CCCC1. The summed E-state index contributed by atoms with van der Waals surface area (Å²) in [5, 5.41) is 11.8. The zero-order chi connectivity index (χ0) is 25.2. The van der Waals surface area contributed by atoms with Gasteiger partial charge in [0.15, 0.2) is 0 Å². The topological polar surface area (TPSA) is 76.4 Å². The summed E-state index contributed by atoms with van der Waals surface area (Å²) < 4.78 is 40.2. The first-order valence-corrected chi connectivity index (χ1v) is 12.5. The maximum atomic E-state index is 13.4. The van der Waals surface area contributed by atoms with Gasteiger partial charge in [-0.3, -0.25) is 9.59 Å². The lowest BCUT2D eigenvalue weighted by atomic mass is 9.76. The van der Waals surface area contributed by atoms with Gasteiger partial charge in [-0.15, -0.1) is 0 Å². The Bertz CT molecular complexity index is 989. The number of nitrogens with one attached hydrogen (secondary N) is 1. The summed E-state index contributed by atoms with van der Waals surface area (Å²) in [6, 6.07) is 4.97. The number of likely N-dealkylation sites (tertiary alicyclic amines) is 1. The molecule has 1 aromatic rings. The maximum absolute atomic E-state index is 13.4. The molecule has 190 valence electrons. The fourth-order valence-electron chi connectivity index (χ4n) is 6.15. The molecule has 1 saturated carbocycles. The van der Waals surface area contributed by atoms with Gasteiger partial charge in [-0.05, 0) is 55.2 Å². The molecular formula is C26H33F3N4O2. The zero-order valence-electron chi connectivity index (χ0n) is 20.2. The molecule has 2 amide bonds. The van der Waals surface area contributed by atoms with Gasteiger partial charge in [-0.2, -0.15) is 18.4 Å². The average molecular weight is 491 g/mol. The van der Waals surface area contributed by atoms with Gasteiger partial charge < -0.3 is 15.1 Å². The van der Waals surface area contributed by atoms with E-state index in [4.69, 9.17) is 5.26 Å². The quantitative estimate of drug-likeness (QED) is 0.660. The third-order valence-corrected chi connectivity index (χ3v) is 8.24. The van der Waals surface area contributed by atoms with Crippen LogP contribution in [0.1, 0.15) is 68.9 Å². The molecule has 0 bridgehead atoms. The van der Waals surface area contributed by atoms with Crippen molar-refractivity contribution in [1.82, 2.24) is 10.2 Å². The van der Waals surface area contributed by atoms with Crippen molar-refractivity contribution in [2.24, 2.45) is 11.3 Å². The van der Waals surface area contributed by atoms with E-state index in [1.165, 1.54) is 31.7 Å². The molecule has 1 spiro atoms. The minimum atomic E-state index is -4.59. The fourth-order valence-corrected chi connectivity index (χ4v) is 6.15. The molecule has 1 N–H and O–H groups in total. The van der Waals surface area contributed by atoms with E-state index in [1.54, 1.807) is 24.1 Å². The molecule has 3 aliphatic rings. The van der Waals surface area contributed by atoms with Gasteiger partial charge >= 0.3 is 6.18 Å². The molecule has 2 aliphatic heterocycles. The van der Waals surface area contributed by atoms with Crippen LogP contribution in [0.25, 0.3) is 0 Å². The van der Waals surface area contributed by atoms with Crippen molar-refractivity contribution in [3.05, 3.63) is 29.3 Å². The first kappa shape index (κ1) is 25.3. The van der Waals surface area contributed by atoms with Gasteiger partial charge in [0.1, 0.15) is 6.04 Å². The lowest BCUT2D eigenvalue weighted by Gasteiger charge is -2.40. The van der Waals surface area contributed by atoms with Gasteiger partial charge in [0.05, 0.1) is 17.2 Å². The van der Waals surface area contributed by atoms with Crippen molar-refractivity contribution >= 4 is 17.5 Å². The molecule has 6 nitrogen and oxygen atoms in total. The van der Waals surface area contributed by atoms with Crippen LogP contribution in [0.4, 0.5) is 18.9 Å². The average Bonchev–Trinajstić information content (AvgIpc) is 3.50. The van der Waals surface area contributed by atoms with Crippen LogP contribution in [-0.4, -0.2) is 49.4 Å². The summed E-state index contributed by atoms with van der Waals surface area (Å²) in [6.45, 7) is 1.59. The Morgan fingerprint density at radius 2 is 1.89 bits per heavy atom. The summed E-state index contributed by atoms with van der Waals surface area (Å²) in [4.78, 5) is 29.4. The fraction of sp³-hybridized carbons (Fsp3) is 0.654. The van der Waals surface area contributed by atoms with Crippen molar-refractivity contribution in [2.45, 2.75) is 70.0 Å². The maximum Gasteiger partial charge on any atom is 0.417 e. The summed E-state index contributed by atoms with van der Waals surface area (Å²) in [7, 11) is 1.58. The predicted molar refractivity (Wildman–Crippen MR) is 125 cm³/mol. The Labute approximate surface area is 204 Å². The van der Waals surface area contributed by atoms with E-state index >= 15 is 0 Å². The number of hydrogen-bond donors (Lipinski definition) is 1. The Morgan fingerprint density at radius 1 is 1.20 bits per heavy atom. The minimum Gasteiger partial charge on any atom is -0.371 e. The van der Waals surface area contributed by atoms with Gasteiger partial charge in [0.2, 0.25) is 11.8 Å². The molecule has 35 heavy (non-hydrogen) atoms. The van der Waals surface area contributed by atoms with Gasteiger partial charge in [0, 0.05) is 38.8 Å². The number of nitrogens with zero attached hydrogens (tertiary/aromatic N) is 3. The molecule has 4 rings (SSSR count). The Kier molecular flexibility index (Phi) is 7.30. The number of piperidine rings is 1. The van der Waals surface area contributed by atoms with Crippen LogP contribution < -0.4 is 10.2 Å². The van der Waals surface area contributed by atoms with Crippen molar-refractivity contribution in [3.63, 3.8) is 0 Å². The standard InChI is InChI=1S/C26H33F3N4O2/c1-31-24(35)22-15-25(17-33(22)23(34)9-6-18-4-2-3-5-18)10-12-32(13-11-25)20-8-7-19(16-30)21(14-20)26(27,28)29/h7-8,14,18,22H,2-6,9-13,15,17H2,1H3,(H,31,35). The molecular weight excluding hydrogens is 457 g/mol. The Balaban J connectivity index is 1.44. The summed E-state index contributed by atoms with van der Waals surface area (Å²) >= 11 is 0. The highest BCUT2D eigenvalue weighted by Gasteiger charge is 2.49. The highest BCUT2D eigenvalue weighted by molar-refractivity contribution is 5.88. The van der Waals surface area contributed by atoms with Crippen LogP contribution in [0.15, 0.2) is 18.2 Å². The number of hydrogen-bond acceptors (Lipinski definition) is 4. The normalized spacial score (nSPS) is 22.4. The molecule has 1 aromatic carbocycles. The van der Waals surface area contributed by atoms with E-state index in [0.29, 0.717) is 56.9 Å². The number of halogens is 3. The van der Waals surface area contributed by atoms with Gasteiger partial charge in [-0.1, -0.05) is 25.7 Å². The largest absolute Gasteiger partial charge is 0.417 e. The van der Waals surface area contributed by atoms with Gasteiger partial charge in [0.25, 0.3) is 0 Å². The number of carbonyl (C=O) groups is 2. The third-order valence-electron chi connectivity index (χ3n) is 8.24. The Morgan fingerprint density at radius 3 is 2.49 bits per heavy atom. The molecule has 2 saturated heterocycles. The third kappa shape index (κ3) is 5.41. The molecule has 0 radical (unpaired) electrons. The Hall–Kier alpha value is -2.76. The van der Waals surface area contributed by atoms with Crippen molar-refractivity contribution < 1.29 is 22.8 Å². The molecule has 2 heterocycles. The number of amides is 2. The molecule has 1 unspecified atom stereocenters. The number of rotatable bonds is 5. The van der Waals surface area contributed by atoms with E-state index in [0.717, 1.165) is 12.5 Å². The van der Waals surface area contributed by atoms with E-state index < -0.39 is 17.8 Å². The van der Waals surface area contributed by atoms with Crippen LogP contribution in [0.3, 0.4) is 0 Å². The predicted octanol–water partition coefficient (Wildman–Crippen LogP) is 4.48. The second kappa shape index (κ2) is 10.1. The second-order valence-electron chi connectivity index (χ2n) is 10.4. The minimum absolute atomic E-state index is 0.0340. The first-order chi connectivity index (χ1) is 16.7. The number of anilines is 1. The van der Waals surface area contributed by atoms with E-state index in [2.05, 4.69) is 5.32 Å². The molecule has 0 aromatic heterocycles. The van der Waals surface area contributed by atoms with Gasteiger partial charge in [-0.25, -0.2) is 0 Å². The zero-order valence-corrected chi connectivity index (χ0v) is 20.2. The van der Waals surface area contributed by atoms with Crippen molar-refractivity contribution in [3.8, 4) is 6.07 Å². The number of likely N-dealkylation sites (N-methyl/N-ethyl adjacent to an activating group) is 1. The van der Waals surface area contributed by atoms with Crippen molar-refractivity contribution in [2.75, 3.05) is 31.6 Å². The number of alkyl halides is 3. The van der Waals surface area contributed by atoms with Crippen LogP contribution in [0.2, 0.25) is 0 Å². The number of benzene rings is 1. The molecule has 3 fully saturated rings. The molecule has 1 atom stereocenters. The first-order valence-electron chi connectivity index (χ1n) is 12.5.